The molecule has 3 aromatic rings. The number of nitrogens with one attached hydrogen (secondary N) is 1. The molecule has 3 aromatic carbocycles. The van der Waals surface area contributed by atoms with Crippen LogP contribution in [-0.2, 0) is 9.59 Å². The normalized spacial score (nSPS) is 21.8. The lowest BCUT2D eigenvalue weighted by Gasteiger charge is -2.36. The molecule has 4 amide bonds. The molecule has 12 heteroatoms. The molecule has 55 heavy (non-hydrogen) atoms. The van der Waals surface area contributed by atoms with Gasteiger partial charge in [0.15, 0.2) is 0 Å². The highest BCUT2D eigenvalue weighted by molar-refractivity contribution is 6.33. The van der Waals surface area contributed by atoms with Gasteiger partial charge in [0.2, 0.25) is 17.5 Å². The van der Waals surface area contributed by atoms with Gasteiger partial charge in [-0.3, -0.25) is 29.4 Å². The third-order valence-electron chi connectivity index (χ3n) is 12.4. The largest absolute Gasteiger partial charge is 0.490 e. The first-order chi connectivity index (χ1) is 26.7. The Morgan fingerprint density at radius 2 is 1.40 bits per heavy atom. The predicted molar refractivity (Wildman–Crippen MR) is 211 cm³/mol. The molecule has 1 N–H and O–H groups in total. The lowest BCUT2D eigenvalue weighted by Crippen LogP contribution is -2.54. The van der Waals surface area contributed by atoms with Crippen LogP contribution in [0.15, 0.2) is 60.7 Å². The van der Waals surface area contributed by atoms with Crippen LogP contribution in [0, 0.1) is 12.5 Å². The van der Waals surface area contributed by atoms with E-state index in [9.17, 15) is 19.2 Å². The van der Waals surface area contributed by atoms with E-state index in [4.69, 9.17) is 22.9 Å². The third-order valence-corrected chi connectivity index (χ3v) is 12.7. The number of piperidine rings is 4. The minimum Gasteiger partial charge on any atom is -0.490 e. The lowest BCUT2D eigenvalue weighted by atomic mass is 9.88. The van der Waals surface area contributed by atoms with Crippen molar-refractivity contribution in [2.45, 2.75) is 75.9 Å². The highest BCUT2D eigenvalue weighted by Gasteiger charge is 2.45. The third kappa shape index (κ3) is 7.94. The minimum absolute atomic E-state index is 0.108. The van der Waals surface area contributed by atoms with Crippen molar-refractivity contribution in [3.05, 3.63) is 93.8 Å². The van der Waals surface area contributed by atoms with E-state index < -0.39 is 23.8 Å². The second-order valence-corrected chi connectivity index (χ2v) is 16.0. The fourth-order valence-corrected chi connectivity index (χ4v) is 9.23. The van der Waals surface area contributed by atoms with E-state index in [2.05, 4.69) is 49.1 Å². The summed E-state index contributed by atoms with van der Waals surface area (Å²) in [6.07, 6.45) is 8.02. The van der Waals surface area contributed by atoms with Gasteiger partial charge in [-0.1, -0.05) is 29.8 Å². The number of halogens is 1. The predicted octanol–water partition coefficient (Wildman–Crippen LogP) is 6.83. The quantitative estimate of drug-likeness (QED) is 0.187. The van der Waals surface area contributed by atoms with E-state index in [1.165, 1.54) is 24.8 Å². The second-order valence-electron chi connectivity index (χ2n) is 15.6. The van der Waals surface area contributed by atoms with Gasteiger partial charge in [-0.25, -0.2) is 4.85 Å². The monoisotopic (exact) mass is 762 g/mol. The van der Waals surface area contributed by atoms with E-state index in [-0.39, 0.29) is 24.9 Å². The van der Waals surface area contributed by atoms with E-state index >= 15 is 0 Å². The molecule has 4 saturated heterocycles. The molecular formula is C43H47ClN6O5. The number of carbonyl (C=O) groups excluding carboxylic acids is 4. The maximum atomic E-state index is 13.3. The standard InChI is InChI=1S/C43H47ClN6O5/c1-45-38-9-5-32(27-37(38)44)49-24-17-34(18-25-49)55-33-6-2-29(3-7-33)30-15-20-47(21-16-30)19-12-28-13-22-48(23-14-28)31-4-8-35-36(26-31)43(54)50(42(35)53)39-10-11-40(51)46-41(39)52/h2-9,26-28,30,34,39H,10-25H2,(H,46,51,52). The fourth-order valence-electron chi connectivity index (χ4n) is 9.02. The second kappa shape index (κ2) is 16.0. The summed E-state index contributed by atoms with van der Waals surface area (Å²) in [6.45, 7) is 14.2. The summed E-state index contributed by atoms with van der Waals surface area (Å²) in [7, 11) is 0. The molecule has 1 atom stereocenters. The Bertz CT molecular complexity index is 1990. The van der Waals surface area contributed by atoms with Crippen molar-refractivity contribution < 1.29 is 23.9 Å². The minimum atomic E-state index is -0.951. The van der Waals surface area contributed by atoms with Gasteiger partial charge in [0, 0.05) is 61.8 Å². The molecule has 0 radical (unpaired) electrons. The number of benzene rings is 3. The number of amides is 4. The van der Waals surface area contributed by atoms with Gasteiger partial charge in [-0.05, 0) is 118 Å². The van der Waals surface area contributed by atoms with E-state index in [1.54, 1.807) is 18.2 Å². The summed E-state index contributed by atoms with van der Waals surface area (Å²) >= 11 is 6.27. The van der Waals surface area contributed by atoms with Crippen molar-refractivity contribution in [3.8, 4) is 5.75 Å². The molecule has 0 saturated carbocycles. The Balaban J connectivity index is 0.747. The van der Waals surface area contributed by atoms with E-state index in [0.717, 1.165) is 93.5 Å². The molecule has 5 aliphatic heterocycles. The molecule has 1 unspecified atom stereocenters. The SMILES string of the molecule is [C-]#[N+]c1ccc(N2CCC(Oc3ccc(C4CCN(CCC5CCN(c6ccc7c(c6)C(=O)N(C6CCC(=O)NC6=O)C7=O)CC5)CC4)cc3)CC2)cc1Cl. The molecule has 286 valence electrons. The Morgan fingerprint density at radius 1 is 0.745 bits per heavy atom. The summed E-state index contributed by atoms with van der Waals surface area (Å²) < 4.78 is 6.38. The van der Waals surface area contributed by atoms with Gasteiger partial charge in [-0.15, -0.1) is 0 Å². The molecule has 11 nitrogen and oxygen atoms in total. The Hall–Kier alpha value is -4.92. The fraction of sp³-hybridized carbons (Fsp3) is 0.465. The van der Waals surface area contributed by atoms with Gasteiger partial charge in [0.1, 0.15) is 17.9 Å². The number of hydrogen-bond donors (Lipinski definition) is 1. The van der Waals surface area contributed by atoms with Crippen molar-refractivity contribution in [1.29, 1.82) is 0 Å². The molecule has 5 aliphatic rings. The summed E-state index contributed by atoms with van der Waals surface area (Å²) in [5.74, 6) is 0.270. The van der Waals surface area contributed by atoms with Crippen LogP contribution in [0.4, 0.5) is 17.1 Å². The first kappa shape index (κ1) is 37.0. The average Bonchev–Trinajstić information content (AvgIpc) is 3.46. The van der Waals surface area contributed by atoms with E-state index in [1.807, 2.05) is 18.2 Å². The highest BCUT2D eigenvalue weighted by atomic mass is 35.5. The van der Waals surface area contributed by atoms with Crippen molar-refractivity contribution >= 4 is 52.3 Å². The van der Waals surface area contributed by atoms with Crippen molar-refractivity contribution in [3.63, 3.8) is 0 Å². The number of ether oxygens (including phenoxy) is 1. The van der Waals surface area contributed by atoms with Crippen LogP contribution in [0.5, 0.6) is 5.75 Å². The maximum absolute atomic E-state index is 13.3. The van der Waals surface area contributed by atoms with Crippen molar-refractivity contribution in [2.75, 3.05) is 55.6 Å². The molecule has 0 spiro atoms. The smallest absolute Gasteiger partial charge is 0.262 e. The van der Waals surface area contributed by atoms with Crippen molar-refractivity contribution in [1.82, 2.24) is 15.1 Å². The molecule has 0 aromatic heterocycles. The molecule has 5 heterocycles. The number of carbonyl (C=O) groups is 4. The van der Waals surface area contributed by atoms with Crippen LogP contribution in [-0.4, -0.2) is 91.4 Å². The Kier molecular flexibility index (Phi) is 10.8. The molecule has 4 fully saturated rings. The Labute approximate surface area is 327 Å². The summed E-state index contributed by atoms with van der Waals surface area (Å²) in [5, 5.41) is 2.76. The van der Waals surface area contributed by atoms with E-state index in [0.29, 0.717) is 33.7 Å². The van der Waals surface area contributed by atoms with Crippen LogP contribution < -0.4 is 19.9 Å². The highest BCUT2D eigenvalue weighted by Crippen LogP contribution is 2.35. The average molecular weight is 763 g/mol. The first-order valence-electron chi connectivity index (χ1n) is 19.8. The van der Waals surface area contributed by atoms with Gasteiger partial charge in [0.25, 0.3) is 11.8 Å². The number of likely N-dealkylation sites (tertiary alicyclic amines) is 1. The zero-order chi connectivity index (χ0) is 38.1. The molecular weight excluding hydrogens is 716 g/mol. The number of hydrogen-bond acceptors (Lipinski definition) is 8. The van der Waals surface area contributed by atoms with Gasteiger partial charge < -0.3 is 19.4 Å². The maximum Gasteiger partial charge on any atom is 0.262 e. The summed E-state index contributed by atoms with van der Waals surface area (Å²) in [5.41, 5.74) is 4.53. The van der Waals surface area contributed by atoms with Crippen LogP contribution in [0.2, 0.25) is 5.02 Å². The number of anilines is 2. The van der Waals surface area contributed by atoms with Crippen LogP contribution in [0.25, 0.3) is 4.85 Å². The zero-order valence-corrected chi connectivity index (χ0v) is 31.8. The number of imide groups is 2. The van der Waals surface area contributed by atoms with Gasteiger partial charge in [0.05, 0.1) is 17.7 Å². The number of fused-ring (bicyclic) bond motifs is 1. The van der Waals surface area contributed by atoms with Gasteiger partial charge in [-0.2, -0.15) is 0 Å². The zero-order valence-electron chi connectivity index (χ0n) is 31.1. The summed E-state index contributed by atoms with van der Waals surface area (Å²) in [6, 6.07) is 18.9. The number of rotatable bonds is 9. The van der Waals surface area contributed by atoms with Crippen LogP contribution in [0.1, 0.15) is 90.0 Å². The molecule has 0 aliphatic carbocycles. The molecule has 8 rings (SSSR count). The van der Waals surface area contributed by atoms with Crippen LogP contribution in [0.3, 0.4) is 0 Å². The molecule has 0 bridgehead atoms. The topological polar surface area (TPSA) is 107 Å². The Morgan fingerprint density at radius 3 is 2.07 bits per heavy atom. The van der Waals surface area contributed by atoms with Crippen LogP contribution >= 0.6 is 11.6 Å². The first-order valence-corrected chi connectivity index (χ1v) is 20.1. The number of nitrogens with zero attached hydrogens (tertiary/aromatic N) is 5. The van der Waals surface area contributed by atoms with Crippen molar-refractivity contribution in [2.24, 2.45) is 5.92 Å². The van der Waals surface area contributed by atoms with Gasteiger partial charge >= 0.3 is 0 Å². The lowest BCUT2D eigenvalue weighted by molar-refractivity contribution is -0.136. The summed E-state index contributed by atoms with van der Waals surface area (Å²) in [4.78, 5) is 62.1.